The molecule has 0 aromatic heterocycles. The molecule has 1 amide bonds. The molecule has 0 bridgehead atoms. The second-order valence-electron chi connectivity index (χ2n) is 6.87. The lowest BCUT2D eigenvalue weighted by Crippen LogP contribution is -2.61. The second-order valence-corrected chi connectivity index (χ2v) is 6.87. The molecule has 1 aliphatic rings. The monoisotopic (exact) mass is 287 g/mol. The molecule has 0 aliphatic carbocycles. The molecule has 6 nitrogen and oxygen atoms in total. The van der Waals surface area contributed by atoms with E-state index in [2.05, 4.69) is 0 Å². The number of methoxy groups -OCH3 is 1. The van der Waals surface area contributed by atoms with Crippen LogP contribution in [0.5, 0.6) is 0 Å². The van der Waals surface area contributed by atoms with E-state index in [4.69, 9.17) is 9.47 Å². The maximum absolute atomic E-state index is 12.2. The Morgan fingerprint density at radius 2 is 1.80 bits per heavy atom. The summed E-state index contributed by atoms with van der Waals surface area (Å²) in [4.78, 5) is 25.2. The van der Waals surface area contributed by atoms with E-state index in [-0.39, 0.29) is 12.8 Å². The van der Waals surface area contributed by atoms with Gasteiger partial charge >= 0.3 is 12.1 Å². The van der Waals surface area contributed by atoms with Crippen LogP contribution >= 0.6 is 0 Å². The zero-order chi connectivity index (χ0) is 15.8. The van der Waals surface area contributed by atoms with Crippen molar-refractivity contribution < 1.29 is 24.2 Å². The number of aliphatic carboxylic acids is 1. The summed E-state index contributed by atoms with van der Waals surface area (Å²) in [5, 5.41) is 9.37. The number of carboxylic acid groups (broad SMARTS) is 1. The molecule has 1 unspecified atom stereocenters. The highest BCUT2D eigenvalue weighted by Gasteiger charge is 2.51. The molecule has 1 N–H and O–H groups in total. The first-order valence-electron chi connectivity index (χ1n) is 6.73. The van der Waals surface area contributed by atoms with Gasteiger partial charge in [-0.2, -0.15) is 0 Å². The summed E-state index contributed by atoms with van der Waals surface area (Å²) in [5.74, 6) is -0.989. The summed E-state index contributed by atoms with van der Waals surface area (Å²) in [7, 11) is 1.40. The summed E-state index contributed by atoms with van der Waals surface area (Å²) in [6.07, 6.45) is 0.0599. The molecule has 1 saturated heterocycles. The van der Waals surface area contributed by atoms with Gasteiger partial charge in [-0.15, -0.1) is 0 Å². The van der Waals surface area contributed by atoms with E-state index in [1.807, 2.05) is 13.8 Å². The highest BCUT2D eigenvalue weighted by atomic mass is 16.6. The van der Waals surface area contributed by atoms with Gasteiger partial charge in [-0.25, -0.2) is 9.59 Å². The van der Waals surface area contributed by atoms with Gasteiger partial charge < -0.3 is 19.5 Å². The molecule has 1 heterocycles. The fourth-order valence-corrected chi connectivity index (χ4v) is 2.58. The summed E-state index contributed by atoms with van der Waals surface area (Å²) in [6, 6.07) is 0. The zero-order valence-corrected chi connectivity index (χ0v) is 13.1. The number of ether oxygens (including phenoxy) is 2. The Balaban J connectivity index is 2.91. The topological polar surface area (TPSA) is 76.1 Å². The predicted molar refractivity (Wildman–Crippen MR) is 73.6 cm³/mol. The Kier molecular flexibility index (Phi) is 4.39. The number of carbonyl (C=O) groups is 2. The Morgan fingerprint density at radius 3 is 2.15 bits per heavy atom. The SMILES string of the molecule is COC1(C(=O)O)CCN(C(=O)OC(C)(C)C)C(C)(C)C1. The Bertz CT molecular complexity index is 399. The third-order valence-electron chi connectivity index (χ3n) is 3.58. The van der Waals surface area contributed by atoms with Crippen LogP contribution in [0.2, 0.25) is 0 Å². The van der Waals surface area contributed by atoms with Crippen LogP contribution in [0.3, 0.4) is 0 Å². The van der Waals surface area contributed by atoms with Gasteiger partial charge in [-0.05, 0) is 34.6 Å². The number of rotatable bonds is 2. The first kappa shape index (κ1) is 16.8. The van der Waals surface area contributed by atoms with Crippen LogP contribution in [0, 0.1) is 0 Å². The van der Waals surface area contributed by atoms with Gasteiger partial charge in [0.15, 0.2) is 5.60 Å². The van der Waals surface area contributed by atoms with Gasteiger partial charge in [0.05, 0.1) is 0 Å². The molecule has 0 spiro atoms. The Morgan fingerprint density at radius 1 is 1.25 bits per heavy atom. The Labute approximate surface area is 120 Å². The smallest absolute Gasteiger partial charge is 0.410 e. The predicted octanol–water partition coefficient (Wildman–Crippen LogP) is 2.27. The highest BCUT2D eigenvalue weighted by molar-refractivity contribution is 5.79. The molecule has 1 aliphatic heterocycles. The van der Waals surface area contributed by atoms with E-state index in [1.165, 1.54) is 7.11 Å². The summed E-state index contributed by atoms with van der Waals surface area (Å²) >= 11 is 0. The third kappa shape index (κ3) is 3.42. The molecule has 1 atom stereocenters. The number of amides is 1. The van der Waals surface area contributed by atoms with Gasteiger partial charge in [-0.3, -0.25) is 0 Å². The van der Waals surface area contributed by atoms with Crippen LogP contribution in [-0.2, 0) is 14.3 Å². The molecule has 20 heavy (non-hydrogen) atoms. The van der Waals surface area contributed by atoms with E-state index in [0.29, 0.717) is 6.54 Å². The summed E-state index contributed by atoms with van der Waals surface area (Å²) in [5.41, 5.74) is -2.45. The number of nitrogens with zero attached hydrogens (tertiary/aromatic N) is 1. The van der Waals surface area contributed by atoms with Crippen molar-refractivity contribution in [1.29, 1.82) is 0 Å². The van der Waals surface area contributed by atoms with E-state index in [0.717, 1.165) is 0 Å². The molecule has 0 saturated carbocycles. The van der Waals surface area contributed by atoms with E-state index < -0.39 is 28.8 Å². The standard InChI is InChI=1S/C14H25NO5/c1-12(2,3)20-11(18)15-8-7-14(19-6,10(16)17)9-13(15,4)5/h7-9H2,1-6H3,(H,16,17). The van der Waals surface area contributed by atoms with Crippen molar-refractivity contribution in [1.82, 2.24) is 4.90 Å². The minimum Gasteiger partial charge on any atom is -0.479 e. The molecular weight excluding hydrogens is 262 g/mol. The van der Waals surface area contributed by atoms with Crippen molar-refractivity contribution in [3.8, 4) is 0 Å². The number of carbonyl (C=O) groups excluding carboxylic acids is 1. The fraction of sp³-hybridized carbons (Fsp3) is 0.857. The van der Waals surface area contributed by atoms with Gasteiger partial charge in [-0.1, -0.05) is 0 Å². The quantitative estimate of drug-likeness (QED) is 0.843. The number of piperidine rings is 1. The molecule has 0 radical (unpaired) electrons. The van der Waals surface area contributed by atoms with Crippen LogP contribution in [-0.4, -0.2) is 52.5 Å². The molecule has 1 rings (SSSR count). The first-order valence-corrected chi connectivity index (χ1v) is 6.73. The maximum Gasteiger partial charge on any atom is 0.410 e. The molecule has 6 heteroatoms. The average molecular weight is 287 g/mol. The average Bonchev–Trinajstić information content (AvgIpc) is 2.24. The number of carboxylic acids is 1. The van der Waals surface area contributed by atoms with E-state index in [9.17, 15) is 14.7 Å². The second kappa shape index (κ2) is 5.24. The first-order chi connectivity index (χ1) is 8.93. The van der Waals surface area contributed by atoms with Crippen molar-refractivity contribution in [2.45, 2.75) is 64.2 Å². The number of hydrogen-bond donors (Lipinski definition) is 1. The highest BCUT2D eigenvalue weighted by Crippen LogP contribution is 2.37. The molecule has 116 valence electrons. The van der Waals surface area contributed by atoms with E-state index in [1.54, 1.807) is 25.7 Å². The van der Waals surface area contributed by atoms with E-state index >= 15 is 0 Å². The van der Waals surface area contributed by atoms with Crippen LogP contribution in [0.25, 0.3) is 0 Å². The Hall–Kier alpha value is -1.30. The minimum atomic E-state index is -1.23. The lowest BCUT2D eigenvalue weighted by Gasteiger charge is -2.48. The summed E-state index contributed by atoms with van der Waals surface area (Å²) < 4.78 is 10.6. The van der Waals surface area contributed by atoms with Crippen molar-refractivity contribution in [3.63, 3.8) is 0 Å². The normalized spacial score (nSPS) is 26.2. The largest absolute Gasteiger partial charge is 0.479 e. The van der Waals surface area contributed by atoms with Crippen LogP contribution in [0.1, 0.15) is 47.5 Å². The zero-order valence-electron chi connectivity index (χ0n) is 13.1. The van der Waals surface area contributed by atoms with Gasteiger partial charge in [0.1, 0.15) is 5.60 Å². The van der Waals surface area contributed by atoms with Gasteiger partial charge in [0.25, 0.3) is 0 Å². The van der Waals surface area contributed by atoms with Crippen LogP contribution in [0.4, 0.5) is 4.79 Å². The van der Waals surface area contributed by atoms with Gasteiger partial charge in [0, 0.05) is 32.0 Å². The molecule has 0 aromatic rings. The minimum absolute atomic E-state index is 0.227. The van der Waals surface area contributed by atoms with Crippen molar-refractivity contribution in [2.75, 3.05) is 13.7 Å². The maximum atomic E-state index is 12.2. The number of likely N-dealkylation sites (tertiary alicyclic amines) is 1. The third-order valence-corrected chi connectivity index (χ3v) is 3.58. The van der Waals surface area contributed by atoms with Crippen molar-refractivity contribution in [3.05, 3.63) is 0 Å². The fourth-order valence-electron chi connectivity index (χ4n) is 2.58. The summed E-state index contributed by atoms with van der Waals surface area (Å²) in [6.45, 7) is 9.36. The van der Waals surface area contributed by atoms with Gasteiger partial charge in [0.2, 0.25) is 0 Å². The lowest BCUT2D eigenvalue weighted by molar-refractivity contribution is -0.174. The molecule has 0 aromatic carbocycles. The van der Waals surface area contributed by atoms with Crippen LogP contribution < -0.4 is 0 Å². The number of hydrogen-bond acceptors (Lipinski definition) is 4. The molecule has 1 fully saturated rings. The van der Waals surface area contributed by atoms with Crippen molar-refractivity contribution >= 4 is 12.1 Å². The molecular formula is C14H25NO5. The van der Waals surface area contributed by atoms with Crippen molar-refractivity contribution in [2.24, 2.45) is 0 Å². The lowest BCUT2D eigenvalue weighted by atomic mass is 9.79. The van der Waals surface area contributed by atoms with Crippen LogP contribution in [0.15, 0.2) is 0 Å².